The second-order valence-corrected chi connectivity index (χ2v) is 8.77. The van der Waals surface area contributed by atoms with Crippen LogP contribution in [0.25, 0.3) is 32.9 Å². The molecule has 5 aromatic rings. The van der Waals surface area contributed by atoms with Crippen molar-refractivity contribution in [3.63, 3.8) is 0 Å². The summed E-state index contributed by atoms with van der Waals surface area (Å²) >= 11 is 0. The normalized spacial score (nSPS) is 13.1. The van der Waals surface area contributed by atoms with Crippen molar-refractivity contribution in [2.75, 3.05) is 19.0 Å². The largest absolute Gasteiger partial charge is 0.508 e. The fourth-order valence-corrected chi connectivity index (χ4v) is 5.26. The van der Waals surface area contributed by atoms with E-state index in [-0.39, 0.29) is 11.5 Å². The van der Waals surface area contributed by atoms with E-state index < -0.39 is 0 Å². The van der Waals surface area contributed by atoms with Crippen molar-refractivity contribution in [1.82, 2.24) is 9.55 Å². The number of H-pyrrole nitrogens is 1. The van der Waals surface area contributed by atoms with Crippen LogP contribution in [0.3, 0.4) is 0 Å². The Hall–Kier alpha value is -4.19. The van der Waals surface area contributed by atoms with Gasteiger partial charge in [0.05, 0.1) is 18.2 Å². The van der Waals surface area contributed by atoms with Gasteiger partial charge in [0.15, 0.2) is 5.78 Å². The topological polar surface area (TPSA) is 79.3 Å². The number of phenolic OH excluding ortho intramolecular Hbond substituents is 1. The molecule has 6 nitrogen and oxygen atoms in total. The first kappa shape index (κ1) is 20.4. The minimum absolute atomic E-state index is 0.0806. The summed E-state index contributed by atoms with van der Waals surface area (Å²) in [4.78, 5) is 17.3. The van der Waals surface area contributed by atoms with E-state index in [1.54, 1.807) is 37.4 Å². The maximum absolute atomic E-state index is 13.8. The Bertz CT molecular complexity index is 1570. The number of benzene rings is 3. The van der Waals surface area contributed by atoms with Gasteiger partial charge in [-0.3, -0.25) is 4.79 Å². The molecule has 0 unspecified atom stereocenters. The van der Waals surface area contributed by atoms with Crippen LogP contribution >= 0.6 is 0 Å². The molecule has 3 N–H and O–H groups in total. The van der Waals surface area contributed by atoms with Crippen molar-refractivity contribution >= 4 is 33.4 Å². The number of rotatable bonds is 4. The van der Waals surface area contributed by atoms with Crippen LogP contribution in [-0.4, -0.2) is 34.1 Å². The summed E-state index contributed by atoms with van der Waals surface area (Å²) in [7, 11) is 1.61. The number of hydrogen-bond donors (Lipinski definition) is 3. The maximum atomic E-state index is 13.8. The zero-order valence-corrected chi connectivity index (χ0v) is 19.1. The third kappa shape index (κ3) is 2.99. The first-order valence-electron chi connectivity index (χ1n) is 11.5. The van der Waals surface area contributed by atoms with Gasteiger partial charge in [-0.25, -0.2) is 0 Å². The summed E-state index contributed by atoms with van der Waals surface area (Å²) in [6.07, 6.45) is 0.958. The molecule has 6 heteroatoms. The lowest BCUT2D eigenvalue weighted by Gasteiger charge is -2.20. The second-order valence-electron chi connectivity index (χ2n) is 8.77. The number of carbonyl (C=O) groups is 1. The maximum Gasteiger partial charge on any atom is 0.197 e. The summed E-state index contributed by atoms with van der Waals surface area (Å²) in [5.41, 5.74) is 6.17. The molecule has 0 bridgehead atoms. The first-order valence-corrected chi connectivity index (χ1v) is 11.5. The predicted molar refractivity (Wildman–Crippen MR) is 135 cm³/mol. The number of nitrogens with zero attached hydrogens (tertiary/aromatic N) is 1. The molecule has 0 saturated carbocycles. The predicted octanol–water partition coefficient (Wildman–Crippen LogP) is 5.86. The van der Waals surface area contributed by atoms with E-state index in [0.717, 1.165) is 64.0 Å². The molecule has 0 aliphatic carbocycles. The second kappa shape index (κ2) is 7.70. The van der Waals surface area contributed by atoms with E-state index in [2.05, 4.69) is 27.0 Å². The van der Waals surface area contributed by atoms with E-state index in [9.17, 15) is 9.90 Å². The van der Waals surface area contributed by atoms with Gasteiger partial charge in [0.2, 0.25) is 0 Å². The molecule has 0 radical (unpaired) electrons. The fraction of sp³-hybridized carbons (Fsp3) is 0.179. The average Bonchev–Trinajstić information content (AvgIpc) is 3.37. The molecule has 3 heterocycles. The highest BCUT2D eigenvalue weighted by atomic mass is 16.5. The van der Waals surface area contributed by atoms with E-state index in [1.807, 2.05) is 25.1 Å². The molecule has 0 atom stereocenters. The zero-order chi connectivity index (χ0) is 23.4. The Morgan fingerprint density at radius 3 is 2.65 bits per heavy atom. The van der Waals surface area contributed by atoms with Gasteiger partial charge in [-0.2, -0.15) is 0 Å². The quantitative estimate of drug-likeness (QED) is 0.299. The number of aromatic nitrogens is 2. The van der Waals surface area contributed by atoms with Crippen LogP contribution in [0.1, 0.15) is 28.0 Å². The lowest BCUT2D eigenvalue weighted by atomic mass is 9.96. The number of phenols is 1. The van der Waals surface area contributed by atoms with E-state index >= 15 is 0 Å². The molecule has 2 aromatic heterocycles. The lowest BCUT2D eigenvalue weighted by Crippen LogP contribution is -2.18. The van der Waals surface area contributed by atoms with E-state index in [4.69, 9.17) is 4.74 Å². The van der Waals surface area contributed by atoms with Crippen LogP contribution in [0.4, 0.5) is 5.82 Å². The number of carbonyl (C=O) groups excluding carboxylic acids is 1. The van der Waals surface area contributed by atoms with Crippen LogP contribution in [-0.2, 0) is 6.54 Å². The Kier molecular flexibility index (Phi) is 4.62. The number of aromatic amines is 1. The number of para-hydroxylation sites is 1. The molecular formula is C28H25N3O3. The molecule has 6 rings (SSSR count). The number of aryl methyl sites for hydroxylation is 2. The molecular weight excluding hydrogens is 426 g/mol. The number of fused-ring (bicyclic) bond motifs is 4. The molecule has 1 aliphatic rings. The zero-order valence-electron chi connectivity index (χ0n) is 19.1. The van der Waals surface area contributed by atoms with Crippen LogP contribution in [0.2, 0.25) is 0 Å². The highest BCUT2D eigenvalue weighted by Gasteiger charge is 2.28. The van der Waals surface area contributed by atoms with Crippen molar-refractivity contribution in [1.29, 1.82) is 0 Å². The van der Waals surface area contributed by atoms with Crippen LogP contribution < -0.4 is 10.1 Å². The number of aromatic hydroxyl groups is 1. The molecule has 34 heavy (non-hydrogen) atoms. The Balaban J connectivity index is 1.66. The molecule has 170 valence electrons. The van der Waals surface area contributed by atoms with Crippen LogP contribution in [0.15, 0.2) is 60.7 Å². The minimum atomic E-state index is -0.0806. The molecule has 1 aliphatic heterocycles. The third-order valence-corrected chi connectivity index (χ3v) is 6.73. The van der Waals surface area contributed by atoms with E-state index in [1.165, 1.54) is 0 Å². The summed E-state index contributed by atoms with van der Waals surface area (Å²) in [6, 6.07) is 18.9. The van der Waals surface area contributed by atoms with Gasteiger partial charge in [-0.15, -0.1) is 0 Å². The summed E-state index contributed by atoms with van der Waals surface area (Å²) in [6.45, 7) is 3.65. The van der Waals surface area contributed by atoms with Crippen molar-refractivity contribution in [3.05, 3.63) is 77.5 Å². The average molecular weight is 452 g/mol. The van der Waals surface area contributed by atoms with Crippen molar-refractivity contribution in [3.8, 4) is 22.6 Å². The first-order chi connectivity index (χ1) is 16.6. The fourth-order valence-electron chi connectivity index (χ4n) is 5.26. The standard InChI is InChI=1S/C28H25N3O3/c1-16-24(20-6-3-4-7-23(20)30-16)21-14-18(32)15-22-25(28-29-12-5-13-31(28)26(21)22)27(33)17-8-10-19(34-2)11-9-17/h3-4,6-11,14-15,29-30,32H,5,12-13H2,1-2H3. The van der Waals surface area contributed by atoms with E-state index in [0.29, 0.717) is 16.9 Å². The summed E-state index contributed by atoms with van der Waals surface area (Å²) in [5, 5.41) is 16.1. The SMILES string of the molecule is COc1ccc(C(=O)c2c3n(c4c(-c5c(C)[nH]c6ccccc56)cc(O)cc24)CCCN3)cc1. The van der Waals surface area contributed by atoms with Crippen molar-refractivity contribution in [2.24, 2.45) is 0 Å². The van der Waals surface area contributed by atoms with Gasteiger partial charge in [-0.05, 0) is 55.8 Å². The Morgan fingerprint density at radius 1 is 1.06 bits per heavy atom. The number of ether oxygens (including phenoxy) is 1. The number of methoxy groups -OCH3 is 1. The van der Waals surface area contributed by atoms with Gasteiger partial charge in [0.25, 0.3) is 0 Å². The highest BCUT2D eigenvalue weighted by molar-refractivity contribution is 6.22. The molecule has 0 amide bonds. The van der Waals surface area contributed by atoms with Gasteiger partial charge in [-0.1, -0.05) is 18.2 Å². The Morgan fingerprint density at radius 2 is 1.85 bits per heavy atom. The van der Waals surface area contributed by atoms with Crippen molar-refractivity contribution in [2.45, 2.75) is 19.9 Å². The summed E-state index contributed by atoms with van der Waals surface area (Å²) < 4.78 is 7.46. The molecule has 0 fully saturated rings. The third-order valence-electron chi connectivity index (χ3n) is 6.73. The molecule has 3 aromatic carbocycles. The van der Waals surface area contributed by atoms with Gasteiger partial charge in [0.1, 0.15) is 17.3 Å². The molecule has 0 spiro atoms. The summed E-state index contributed by atoms with van der Waals surface area (Å²) in [5.74, 6) is 1.57. The highest BCUT2D eigenvalue weighted by Crippen LogP contribution is 2.44. The van der Waals surface area contributed by atoms with Gasteiger partial charge < -0.3 is 24.7 Å². The number of ketones is 1. The van der Waals surface area contributed by atoms with Gasteiger partial charge >= 0.3 is 0 Å². The van der Waals surface area contributed by atoms with Crippen LogP contribution in [0.5, 0.6) is 11.5 Å². The number of nitrogens with one attached hydrogen (secondary N) is 2. The molecule has 0 saturated heterocycles. The Labute approximate surface area is 196 Å². The van der Waals surface area contributed by atoms with Crippen LogP contribution in [0, 0.1) is 6.92 Å². The number of hydrogen-bond acceptors (Lipinski definition) is 4. The lowest BCUT2D eigenvalue weighted by molar-refractivity contribution is 0.104. The monoisotopic (exact) mass is 451 g/mol. The van der Waals surface area contributed by atoms with Gasteiger partial charge in [0, 0.05) is 51.8 Å². The smallest absolute Gasteiger partial charge is 0.197 e. The number of anilines is 1. The minimum Gasteiger partial charge on any atom is -0.508 e. The van der Waals surface area contributed by atoms with Crippen molar-refractivity contribution < 1.29 is 14.6 Å².